The number of methoxy groups -OCH3 is 1. The highest BCUT2D eigenvalue weighted by atomic mass is 35.5. The molecule has 1 aromatic rings. The Balaban J connectivity index is 0.00000289. The molecule has 0 aliphatic heterocycles. The summed E-state index contributed by atoms with van der Waals surface area (Å²) in [5.74, 6) is -0.489. The van der Waals surface area contributed by atoms with E-state index in [-0.39, 0.29) is 17.3 Å². The predicted molar refractivity (Wildman–Crippen MR) is 70.5 cm³/mol. The van der Waals surface area contributed by atoms with E-state index in [1.165, 1.54) is 19.2 Å². The van der Waals surface area contributed by atoms with Gasteiger partial charge in [-0.3, -0.25) is 4.79 Å². The SMILES string of the molecule is COC(=O)[C@@H](N)Cc1ccc(S(C)(=O)=O)cc1.Cl. The van der Waals surface area contributed by atoms with Crippen LogP contribution < -0.4 is 5.73 Å². The number of hydrogen-bond acceptors (Lipinski definition) is 5. The monoisotopic (exact) mass is 293 g/mol. The molecule has 0 radical (unpaired) electrons. The lowest BCUT2D eigenvalue weighted by molar-refractivity contribution is -0.142. The molecule has 2 N–H and O–H groups in total. The minimum atomic E-state index is -3.19. The van der Waals surface area contributed by atoms with Crippen LogP contribution in [0.4, 0.5) is 0 Å². The topological polar surface area (TPSA) is 86.5 Å². The van der Waals surface area contributed by atoms with E-state index in [1.807, 2.05) is 0 Å². The van der Waals surface area contributed by atoms with Crippen LogP contribution in [0.5, 0.6) is 0 Å². The third-order valence-electron chi connectivity index (χ3n) is 2.31. The lowest BCUT2D eigenvalue weighted by Crippen LogP contribution is -2.33. The third kappa shape index (κ3) is 4.64. The standard InChI is InChI=1S/C11H15NO4S.ClH/c1-16-11(13)10(12)7-8-3-5-9(6-4-8)17(2,14)15;/h3-6,10H,7,12H2,1-2H3;1H/t10-;/m0./s1. The molecule has 0 heterocycles. The van der Waals surface area contributed by atoms with Crippen LogP contribution in [0.15, 0.2) is 29.2 Å². The summed E-state index contributed by atoms with van der Waals surface area (Å²) in [7, 11) is -1.92. The maximum Gasteiger partial charge on any atom is 0.322 e. The van der Waals surface area contributed by atoms with E-state index >= 15 is 0 Å². The molecule has 0 bridgehead atoms. The zero-order valence-electron chi connectivity index (χ0n) is 10.1. The normalized spacial score (nSPS) is 12.4. The summed E-state index contributed by atoms with van der Waals surface area (Å²) in [6, 6.07) is 5.53. The molecule has 0 unspecified atom stereocenters. The van der Waals surface area contributed by atoms with E-state index in [9.17, 15) is 13.2 Å². The van der Waals surface area contributed by atoms with Gasteiger partial charge in [0.25, 0.3) is 0 Å². The first-order valence-electron chi connectivity index (χ1n) is 4.97. The fourth-order valence-corrected chi connectivity index (χ4v) is 1.99. The van der Waals surface area contributed by atoms with Crippen LogP contribution in [0, 0.1) is 0 Å². The van der Waals surface area contributed by atoms with Crippen molar-refractivity contribution in [1.82, 2.24) is 0 Å². The molecule has 102 valence electrons. The van der Waals surface area contributed by atoms with Crippen molar-refractivity contribution in [1.29, 1.82) is 0 Å². The summed E-state index contributed by atoms with van der Waals surface area (Å²) in [4.78, 5) is 11.3. The van der Waals surface area contributed by atoms with Gasteiger partial charge in [0.1, 0.15) is 6.04 Å². The van der Waals surface area contributed by atoms with Crippen molar-refractivity contribution in [2.24, 2.45) is 5.73 Å². The van der Waals surface area contributed by atoms with E-state index in [2.05, 4.69) is 4.74 Å². The largest absolute Gasteiger partial charge is 0.468 e. The van der Waals surface area contributed by atoms with Crippen LogP contribution in [0.3, 0.4) is 0 Å². The van der Waals surface area contributed by atoms with Gasteiger partial charge in [0.05, 0.1) is 12.0 Å². The third-order valence-corrected chi connectivity index (χ3v) is 3.44. The zero-order valence-corrected chi connectivity index (χ0v) is 11.8. The number of halogens is 1. The Kier molecular flexibility index (Phi) is 6.31. The molecular formula is C11H16ClNO4S. The van der Waals surface area contributed by atoms with Crippen LogP contribution in [0.1, 0.15) is 5.56 Å². The second kappa shape index (κ2) is 6.72. The molecule has 1 aromatic carbocycles. The van der Waals surface area contributed by atoms with Gasteiger partial charge in [0.15, 0.2) is 9.84 Å². The number of esters is 1. The fourth-order valence-electron chi connectivity index (χ4n) is 1.36. The van der Waals surface area contributed by atoms with Gasteiger partial charge < -0.3 is 10.5 Å². The van der Waals surface area contributed by atoms with Gasteiger partial charge in [-0.1, -0.05) is 12.1 Å². The average molecular weight is 294 g/mol. The van der Waals surface area contributed by atoms with Gasteiger partial charge in [0.2, 0.25) is 0 Å². The Morgan fingerprint density at radius 2 is 1.83 bits per heavy atom. The van der Waals surface area contributed by atoms with E-state index in [0.717, 1.165) is 11.8 Å². The maximum atomic E-state index is 11.2. The second-order valence-corrected chi connectivity index (χ2v) is 5.77. The van der Waals surface area contributed by atoms with Crippen LogP contribution in [0.2, 0.25) is 0 Å². The molecular weight excluding hydrogens is 278 g/mol. The van der Waals surface area contributed by atoms with Crippen LogP contribution in [-0.4, -0.2) is 33.8 Å². The minimum absolute atomic E-state index is 0. The maximum absolute atomic E-state index is 11.2. The summed E-state index contributed by atoms with van der Waals surface area (Å²) in [5, 5.41) is 0. The van der Waals surface area contributed by atoms with Crippen LogP contribution in [0.25, 0.3) is 0 Å². The lowest BCUT2D eigenvalue weighted by atomic mass is 10.1. The second-order valence-electron chi connectivity index (χ2n) is 3.75. The zero-order chi connectivity index (χ0) is 13.1. The Labute approximate surface area is 113 Å². The van der Waals surface area contributed by atoms with Gasteiger partial charge in [0, 0.05) is 6.26 Å². The number of benzene rings is 1. The summed E-state index contributed by atoms with van der Waals surface area (Å²) in [6.07, 6.45) is 1.46. The van der Waals surface area contributed by atoms with Crippen LogP contribution in [-0.2, 0) is 25.8 Å². The first kappa shape index (κ1) is 16.9. The Bertz CT molecular complexity index is 498. The van der Waals surface area contributed by atoms with Crippen LogP contribution >= 0.6 is 12.4 Å². The molecule has 5 nitrogen and oxygen atoms in total. The first-order chi connectivity index (χ1) is 7.84. The summed E-state index contributed by atoms with van der Waals surface area (Å²) in [5.41, 5.74) is 6.38. The highest BCUT2D eigenvalue weighted by Crippen LogP contribution is 2.11. The molecule has 0 aromatic heterocycles. The molecule has 0 spiro atoms. The highest BCUT2D eigenvalue weighted by molar-refractivity contribution is 7.90. The van der Waals surface area contributed by atoms with Crippen molar-refractivity contribution in [2.45, 2.75) is 17.4 Å². The van der Waals surface area contributed by atoms with Crippen molar-refractivity contribution >= 4 is 28.2 Å². The van der Waals surface area contributed by atoms with Crippen molar-refractivity contribution in [3.63, 3.8) is 0 Å². The predicted octanol–water partition coefficient (Wildman–Crippen LogP) is 0.555. The van der Waals surface area contributed by atoms with Crippen molar-refractivity contribution < 1.29 is 17.9 Å². The Hall–Kier alpha value is -1.11. The number of carbonyl (C=O) groups is 1. The lowest BCUT2D eigenvalue weighted by Gasteiger charge is -2.09. The average Bonchev–Trinajstić information content (AvgIpc) is 2.27. The molecule has 0 aliphatic rings. The van der Waals surface area contributed by atoms with Gasteiger partial charge in [-0.2, -0.15) is 0 Å². The number of carbonyl (C=O) groups excluding carboxylic acids is 1. The van der Waals surface area contributed by atoms with Gasteiger partial charge >= 0.3 is 5.97 Å². The van der Waals surface area contributed by atoms with E-state index in [0.29, 0.717) is 6.42 Å². The number of nitrogens with two attached hydrogens (primary N) is 1. The van der Waals surface area contributed by atoms with E-state index < -0.39 is 21.8 Å². The number of rotatable bonds is 4. The van der Waals surface area contributed by atoms with Gasteiger partial charge in [-0.15, -0.1) is 12.4 Å². The molecule has 0 fully saturated rings. The molecule has 18 heavy (non-hydrogen) atoms. The minimum Gasteiger partial charge on any atom is -0.468 e. The van der Waals surface area contributed by atoms with Crippen molar-refractivity contribution in [3.8, 4) is 0 Å². The van der Waals surface area contributed by atoms with E-state index in [4.69, 9.17) is 5.73 Å². The first-order valence-corrected chi connectivity index (χ1v) is 6.86. The molecule has 1 atom stereocenters. The molecule has 0 aliphatic carbocycles. The number of sulfone groups is 1. The Morgan fingerprint density at radius 3 is 2.22 bits per heavy atom. The molecule has 0 amide bonds. The summed E-state index contributed by atoms with van der Waals surface area (Å²) in [6.45, 7) is 0. The number of hydrogen-bond donors (Lipinski definition) is 1. The molecule has 7 heteroatoms. The quantitative estimate of drug-likeness (QED) is 0.820. The summed E-state index contributed by atoms with van der Waals surface area (Å²) >= 11 is 0. The fraction of sp³-hybridized carbons (Fsp3) is 0.364. The molecule has 0 saturated heterocycles. The van der Waals surface area contributed by atoms with E-state index in [1.54, 1.807) is 12.1 Å². The number of ether oxygens (including phenoxy) is 1. The smallest absolute Gasteiger partial charge is 0.322 e. The highest BCUT2D eigenvalue weighted by Gasteiger charge is 2.14. The summed E-state index contributed by atoms with van der Waals surface area (Å²) < 4.78 is 26.9. The van der Waals surface area contributed by atoms with Gasteiger partial charge in [-0.05, 0) is 24.1 Å². The Morgan fingerprint density at radius 1 is 1.33 bits per heavy atom. The van der Waals surface area contributed by atoms with Gasteiger partial charge in [-0.25, -0.2) is 8.42 Å². The van der Waals surface area contributed by atoms with Crippen molar-refractivity contribution in [2.75, 3.05) is 13.4 Å². The van der Waals surface area contributed by atoms with Crippen molar-refractivity contribution in [3.05, 3.63) is 29.8 Å². The molecule has 0 saturated carbocycles. The molecule has 1 rings (SSSR count).